The van der Waals surface area contributed by atoms with E-state index in [4.69, 9.17) is 0 Å². The van der Waals surface area contributed by atoms with E-state index < -0.39 is 12.1 Å². The number of alkyl halides is 3. The van der Waals surface area contributed by atoms with Crippen LogP contribution in [0.15, 0.2) is 9.26 Å². The number of rotatable bonds is 0. The Morgan fingerprint density at radius 2 is 2.00 bits per heavy atom. The molecule has 0 radical (unpaired) electrons. The van der Waals surface area contributed by atoms with Gasteiger partial charge in [-0.25, -0.2) is 0 Å². The lowest BCUT2D eigenvalue weighted by molar-refractivity contribution is -0.159. The Bertz CT molecular complexity index is 232. The van der Waals surface area contributed by atoms with Crippen molar-refractivity contribution in [1.29, 1.82) is 0 Å². The summed E-state index contributed by atoms with van der Waals surface area (Å²) in [5.74, 6) is -1.35. The second kappa shape index (κ2) is 2.22. The molecule has 1 rings (SSSR count). The summed E-state index contributed by atoms with van der Waals surface area (Å²) in [5, 5.41) is 2.89. The van der Waals surface area contributed by atoms with E-state index >= 15 is 0 Å². The molecule has 56 valence electrons. The molecule has 0 N–H and O–H groups in total. The van der Waals surface area contributed by atoms with Crippen LogP contribution in [-0.4, -0.2) is 10.1 Å². The van der Waals surface area contributed by atoms with E-state index in [1.165, 1.54) is 0 Å². The summed E-state index contributed by atoms with van der Waals surface area (Å²) in [7, 11) is 0. The predicted octanol–water partition coefficient (Wildman–Crippen LogP) is 1.85. The number of nitrogens with zero attached hydrogens (tertiary/aromatic N) is 2. The molecule has 0 aliphatic rings. The van der Waals surface area contributed by atoms with Crippen molar-refractivity contribution in [3.8, 4) is 0 Å². The van der Waals surface area contributed by atoms with Crippen molar-refractivity contribution in [2.75, 3.05) is 0 Å². The van der Waals surface area contributed by atoms with Gasteiger partial charge in [0.1, 0.15) is 0 Å². The number of halogens is 4. The highest BCUT2D eigenvalue weighted by Gasteiger charge is 2.38. The summed E-state index contributed by atoms with van der Waals surface area (Å²) in [5.41, 5.74) is 0. The maximum Gasteiger partial charge on any atom is 0.471 e. The van der Waals surface area contributed by atoms with Gasteiger partial charge in [-0.15, -0.1) is 0 Å². The molecule has 0 spiro atoms. The first kappa shape index (κ1) is 7.52. The normalized spacial score (nSPS) is 12.0. The Labute approximate surface area is 61.3 Å². The lowest BCUT2D eigenvalue weighted by atomic mass is 10.7. The molecule has 0 fully saturated rings. The van der Waals surface area contributed by atoms with Gasteiger partial charge in [-0.2, -0.15) is 18.2 Å². The van der Waals surface area contributed by atoms with Crippen LogP contribution in [0.5, 0.6) is 0 Å². The van der Waals surface area contributed by atoms with Crippen LogP contribution < -0.4 is 0 Å². The molecule has 0 bridgehead atoms. The maximum atomic E-state index is 11.6. The van der Waals surface area contributed by atoms with Gasteiger partial charge in [0.25, 0.3) is 0 Å². The number of aromatic nitrogens is 2. The lowest BCUT2D eigenvalue weighted by Gasteiger charge is -1.95. The second-order valence-electron chi connectivity index (χ2n) is 1.37. The van der Waals surface area contributed by atoms with Crippen LogP contribution in [0.25, 0.3) is 0 Å². The first-order chi connectivity index (χ1) is 4.50. The summed E-state index contributed by atoms with van der Waals surface area (Å²) in [4.78, 5) is 2.90. The second-order valence-corrected chi connectivity index (χ2v) is 2.08. The molecule has 0 aliphatic heterocycles. The highest BCUT2D eigenvalue weighted by molar-refractivity contribution is 9.10. The molecule has 0 saturated heterocycles. The average molecular weight is 217 g/mol. The third kappa shape index (κ3) is 1.47. The van der Waals surface area contributed by atoms with Crippen LogP contribution in [0.3, 0.4) is 0 Å². The highest BCUT2D eigenvalue weighted by Crippen LogP contribution is 2.27. The molecule has 1 heterocycles. The molecule has 0 aromatic carbocycles. The van der Waals surface area contributed by atoms with Gasteiger partial charge in [-0.1, -0.05) is 0 Å². The van der Waals surface area contributed by atoms with Gasteiger partial charge in [-0.3, -0.25) is 0 Å². The van der Waals surface area contributed by atoms with Gasteiger partial charge >= 0.3 is 12.1 Å². The van der Waals surface area contributed by atoms with E-state index in [2.05, 4.69) is 30.6 Å². The minimum Gasteiger partial charge on any atom is -0.328 e. The Morgan fingerprint density at radius 3 is 2.20 bits per heavy atom. The number of hydrogen-bond acceptors (Lipinski definition) is 3. The fourth-order valence-corrected chi connectivity index (χ4v) is 0.554. The molecule has 0 unspecified atom stereocenters. The molecule has 10 heavy (non-hydrogen) atoms. The SMILES string of the molecule is FC(F)(F)c1nc(Br)no1. The summed E-state index contributed by atoms with van der Waals surface area (Å²) < 4.78 is 38.3. The molecular formula is C3BrF3N2O. The van der Waals surface area contributed by atoms with Gasteiger partial charge in [0.2, 0.25) is 4.73 Å². The Hall–Kier alpha value is -0.590. The minimum absolute atomic E-state index is 0.208. The van der Waals surface area contributed by atoms with E-state index in [9.17, 15) is 13.2 Å². The summed E-state index contributed by atoms with van der Waals surface area (Å²) in [6.07, 6.45) is -4.56. The summed E-state index contributed by atoms with van der Waals surface area (Å²) in [6.45, 7) is 0. The smallest absolute Gasteiger partial charge is 0.328 e. The van der Waals surface area contributed by atoms with Crippen molar-refractivity contribution in [2.24, 2.45) is 0 Å². The monoisotopic (exact) mass is 216 g/mol. The van der Waals surface area contributed by atoms with Gasteiger partial charge in [0.15, 0.2) is 0 Å². The quantitative estimate of drug-likeness (QED) is 0.665. The van der Waals surface area contributed by atoms with Crippen LogP contribution in [0.2, 0.25) is 0 Å². The molecule has 1 aromatic rings. The van der Waals surface area contributed by atoms with E-state index in [1.807, 2.05) is 0 Å². The summed E-state index contributed by atoms with van der Waals surface area (Å²) in [6, 6.07) is 0. The largest absolute Gasteiger partial charge is 0.471 e. The standard InChI is InChI=1S/C3BrF3N2O/c4-2-8-1(10-9-2)3(5,6)7. The number of hydrogen-bond donors (Lipinski definition) is 0. The van der Waals surface area contributed by atoms with Crippen molar-refractivity contribution in [2.45, 2.75) is 6.18 Å². The zero-order chi connectivity index (χ0) is 7.78. The third-order valence-electron chi connectivity index (χ3n) is 0.644. The van der Waals surface area contributed by atoms with Crippen molar-refractivity contribution in [3.05, 3.63) is 10.6 Å². The van der Waals surface area contributed by atoms with Crippen LogP contribution in [0.1, 0.15) is 5.89 Å². The Kier molecular flexibility index (Phi) is 1.67. The zero-order valence-corrected chi connectivity index (χ0v) is 5.90. The van der Waals surface area contributed by atoms with Gasteiger partial charge in [0, 0.05) is 0 Å². The molecule has 0 atom stereocenters. The van der Waals surface area contributed by atoms with E-state index in [0.717, 1.165) is 0 Å². The fourth-order valence-electron chi connectivity index (χ4n) is 0.321. The lowest BCUT2D eigenvalue weighted by Crippen LogP contribution is -2.04. The van der Waals surface area contributed by atoms with Gasteiger partial charge in [-0.05, 0) is 21.1 Å². The van der Waals surface area contributed by atoms with E-state index in [-0.39, 0.29) is 4.73 Å². The first-order valence-electron chi connectivity index (χ1n) is 2.06. The van der Waals surface area contributed by atoms with Crippen LogP contribution in [0, 0.1) is 0 Å². The average Bonchev–Trinajstić information content (AvgIpc) is 2.11. The summed E-state index contributed by atoms with van der Waals surface area (Å²) >= 11 is 2.61. The maximum absolute atomic E-state index is 11.6. The van der Waals surface area contributed by atoms with E-state index in [1.54, 1.807) is 0 Å². The van der Waals surface area contributed by atoms with Gasteiger partial charge < -0.3 is 4.52 Å². The predicted molar refractivity (Wildman–Crippen MR) is 27.0 cm³/mol. The highest BCUT2D eigenvalue weighted by atomic mass is 79.9. The van der Waals surface area contributed by atoms with E-state index in [0.29, 0.717) is 0 Å². The topological polar surface area (TPSA) is 38.9 Å². The minimum atomic E-state index is -4.56. The molecule has 0 aliphatic carbocycles. The van der Waals surface area contributed by atoms with Crippen molar-refractivity contribution < 1.29 is 17.7 Å². The van der Waals surface area contributed by atoms with Crippen LogP contribution in [0.4, 0.5) is 13.2 Å². The van der Waals surface area contributed by atoms with Gasteiger partial charge in [0.05, 0.1) is 0 Å². The molecule has 3 nitrogen and oxygen atoms in total. The zero-order valence-electron chi connectivity index (χ0n) is 4.31. The molecule has 0 saturated carbocycles. The van der Waals surface area contributed by atoms with Crippen LogP contribution >= 0.6 is 15.9 Å². The molecule has 1 aromatic heterocycles. The molecule has 7 heteroatoms. The molecule has 0 amide bonds. The van der Waals surface area contributed by atoms with Crippen LogP contribution in [-0.2, 0) is 6.18 Å². The first-order valence-corrected chi connectivity index (χ1v) is 2.86. The third-order valence-corrected chi connectivity index (χ3v) is 0.966. The van der Waals surface area contributed by atoms with Crippen molar-refractivity contribution >= 4 is 15.9 Å². The molecular weight excluding hydrogens is 217 g/mol. The van der Waals surface area contributed by atoms with Crippen molar-refractivity contribution in [3.63, 3.8) is 0 Å². The Morgan fingerprint density at radius 1 is 1.40 bits per heavy atom. The van der Waals surface area contributed by atoms with Crippen molar-refractivity contribution in [1.82, 2.24) is 10.1 Å². The fraction of sp³-hybridized carbons (Fsp3) is 0.333. The Balaban J connectivity index is 2.96.